The van der Waals surface area contributed by atoms with Crippen molar-refractivity contribution < 1.29 is 19.1 Å². The zero-order valence-electron chi connectivity index (χ0n) is 25.6. The van der Waals surface area contributed by atoms with E-state index in [1.165, 1.54) is 11.1 Å². The maximum atomic E-state index is 13.6. The topological polar surface area (TPSA) is 71.4 Å². The molecule has 1 fully saturated rings. The summed E-state index contributed by atoms with van der Waals surface area (Å²) < 4.78 is 11.3. The first-order chi connectivity index (χ1) is 21.4. The Hall–Kier alpha value is -3.78. The fourth-order valence-corrected chi connectivity index (χ4v) is 6.57. The van der Waals surface area contributed by atoms with E-state index in [4.69, 9.17) is 21.1 Å². The molecule has 3 aromatic carbocycles. The average Bonchev–Trinajstić information content (AvgIpc) is 3.02. The predicted molar refractivity (Wildman–Crippen MR) is 174 cm³/mol. The van der Waals surface area contributed by atoms with Gasteiger partial charge in [0, 0.05) is 55.1 Å². The summed E-state index contributed by atoms with van der Waals surface area (Å²) in [5, 5.41) is 0.525. The Morgan fingerprint density at radius 2 is 1.52 bits per heavy atom. The molecule has 7 nitrogen and oxygen atoms in total. The lowest BCUT2D eigenvalue weighted by atomic mass is 9.75. The lowest BCUT2D eigenvalue weighted by molar-refractivity contribution is -0.146. The molecule has 5 rings (SSSR count). The van der Waals surface area contributed by atoms with Crippen LogP contribution < -0.4 is 0 Å². The zero-order chi connectivity index (χ0) is 31.1. The van der Waals surface area contributed by atoms with Gasteiger partial charge >= 0.3 is 11.9 Å². The number of allylic oxidation sites excluding steroid dienone is 1. The monoisotopic (exact) mass is 613 g/mol. The Balaban J connectivity index is 1.24. The van der Waals surface area contributed by atoms with Crippen LogP contribution >= 0.6 is 11.6 Å². The molecule has 8 heteroatoms. The molecule has 0 radical (unpaired) electrons. The minimum atomic E-state index is -0.741. The maximum absolute atomic E-state index is 13.6. The lowest BCUT2D eigenvalue weighted by Gasteiger charge is -2.39. The van der Waals surface area contributed by atoms with Crippen LogP contribution in [-0.4, -0.2) is 73.4 Å². The highest BCUT2D eigenvalue weighted by molar-refractivity contribution is 6.30. The van der Waals surface area contributed by atoms with Crippen molar-refractivity contribution >= 4 is 29.3 Å². The summed E-state index contributed by atoms with van der Waals surface area (Å²) in [6.45, 7) is 9.99. The van der Waals surface area contributed by atoms with Gasteiger partial charge < -0.3 is 9.47 Å². The smallest absolute Gasteiger partial charge is 0.336 e. The van der Waals surface area contributed by atoms with Gasteiger partial charge in [-0.2, -0.15) is 0 Å². The van der Waals surface area contributed by atoms with Crippen molar-refractivity contribution in [3.63, 3.8) is 0 Å². The molecule has 2 unspecified atom stereocenters. The van der Waals surface area contributed by atoms with Crippen molar-refractivity contribution in [1.29, 1.82) is 0 Å². The van der Waals surface area contributed by atoms with E-state index in [2.05, 4.69) is 75.5 Å². The number of rotatable bonds is 10. The molecule has 2 heterocycles. The van der Waals surface area contributed by atoms with Crippen LogP contribution in [0.4, 0.5) is 0 Å². The molecular formula is C36H40ClN3O4. The summed E-state index contributed by atoms with van der Waals surface area (Å²) >= 11 is 6.33. The number of hydrogen-bond donors (Lipinski definition) is 0. The third-order valence-corrected chi connectivity index (χ3v) is 8.67. The van der Waals surface area contributed by atoms with Gasteiger partial charge in [0.25, 0.3) is 0 Å². The van der Waals surface area contributed by atoms with E-state index in [0.29, 0.717) is 28.5 Å². The van der Waals surface area contributed by atoms with Gasteiger partial charge in [-0.3, -0.25) is 19.6 Å². The van der Waals surface area contributed by atoms with E-state index in [1.807, 2.05) is 12.1 Å². The number of esters is 2. The number of hydrogen-bond acceptors (Lipinski definition) is 7. The Bertz CT molecular complexity index is 1460. The fraction of sp³-hybridized carbons (Fsp3) is 0.361. The average molecular weight is 614 g/mol. The molecule has 0 N–H and O–H groups in total. The van der Waals surface area contributed by atoms with Crippen molar-refractivity contribution in [2.45, 2.75) is 32.7 Å². The van der Waals surface area contributed by atoms with Crippen molar-refractivity contribution in [2.24, 2.45) is 10.9 Å². The molecule has 3 aromatic rings. The van der Waals surface area contributed by atoms with E-state index >= 15 is 0 Å². The van der Waals surface area contributed by atoms with E-state index in [-0.39, 0.29) is 19.3 Å². The van der Waals surface area contributed by atoms with Crippen molar-refractivity contribution in [2.75, 3.05) is 45.9 Å². The molecule has 2 aliphatic rings. The first-order valence-corrected chi connectivity index (χ1v) is 15.7. The molecule has 0 aliphatic carbocycles. The molecule has 1 saturated heterocycles. The molecule has 0 aromatic heterocycles. The molecule has 44 heavy (non-hydrogen) atoms. The van der Waals surface area contributed by atoms with Crippen LogP contribution in [0.25, 0.3) is 0 Å². The number of carbonyl (C=O) groups is 2. The van der Waals surface area contributed by atoms with Crippen LogP contribution in [0.2, 0.25) is 5.02 Å². The standard InChI is InChI=1S/C36H40ClN3O4/c1-4-43-35(41)31-25(2)38-26(3)32(33(31)29-16-11-17-30(37)24-29)36(42)44-23-22-39-18-20-40(21-19-39)34(27-12-7-5-8-13-27)28-14-9-6-10-15-28/h5-17,24,31,33-34H,4,18-23H2,1-3H3. The summed E-state index contributed by atoms with van der Waals surface area (Å²) in [6, 6.07) is 28.7. The number of aliphatic imine (C=N–C) groups is 1. The number of ether oxygens (including phenoxy) is 2. The van der Waals surface area contributed by atoms with Crippen molar-refractivity contribution in [1.82, 2.24) is 9.80 Å². The summed E-state index contributed by atoms with van der Waals surface area (Å²) in [5.41, 5.74) is 4.83. The van der Waals surface area contributed by atoms with Crippen LogP contribution in [0, 0.1) is 5.92 Å². The van der Waals surface area contributed by atoms with Gasteiger partial charge in [-0.1, -0.05) is 84.4 Å². The Morgan fingerprint density at radius 3 is 2.11 bits per heavy atom. The van der Waals surface area contributed by atoms with Gasteiger partial charge in [-0.15, -0.1) is 0 Å². The van der Waals surface area contributed by atoms with Gasteiger partial charge in [0.2, 0.25) is 0 Å². The first kappa shape index (κ1) is 31.6. The van der Waals surface area contributed by atoms with Crippen LogP contribution in [0.15, 0.2) is 101 Å². The second kappa shape index (κ2) is 14.8. The number of piperazine rings is 1. The van der Waals surface area contributed by atoms with E-state index in [1.54, 1.807) is 32.9 Å². The summed E-state index contributed by atoms with van der Waals surface area (Å²) in [4.78, 5) is 36.2. The first-order valence-electron chi connectivity index (χ1n) is 15.3. The van der Waals surface area contributed by atoms with Crippen LogP contribution in [-0.2, 0) is 19.1 Å². The van der Waals surface area contributed by atoms with Crippen LogP contribution in [0.5, 0.6) is 0 Å². The Labute approximate surface area is 265 Å². The molecule has 2 aliphatic heterocycles. The largest absolute Gasteiger partial charge is 0.465 e. The van der Waals surface area contributed by atoms with Gasteiger partial charge in [0.05, 0.1) is 18.2 Å². The highest BCUT2D eigenvalue weighted by Gasteiger charge is 2.42. The normalized spacial score (nSPS) is 19.5. The van der Waals surface area contributed by atoms with Crippen molar-refractivity contribution in [3.05, 3.63) is 118 Å². The minimum Gasteiger partial charge on any atom is -0.465 e. The second-order valence-electron chi connectivity index (χ2n) is 11.3. The van der Waals surface area contributed by atoms with Crippen LogP contribution in [0.3, 0.4) is 0 Å². The highest BCUT2D eigenvalue weighted by atomic mass is 35.5. The SMILES string of the molecule is CCOC(=O)C1C(C)=NC(C)=C(C(=O)OCCN2CCN(C(c3ccccc3)c3ccccc3)CC2)C1c1cccc(Cl)c1. The number of halogens is 1. The molecule has 230 valence electrons. The molecule has 0 bridgehead atoms. The molecule has 0 saturated carbocycles. The number of carbonyl (C=O) groups excluding carboxylic acids is 2. The summed E-state index contributed by atoms with van der Waals surface area (Å²) in [7, 11) is 0. The molecule has 0 amide bonds. The molecule has 0 spiro atoms. The third-order valence-electron chi connectivity index (χ3n) is 8.44. The molecular weight excluding hydrogens is 574 g/mol. The lowest BCUT2D eigenvalue weighted by Crippen LogP contribution is -2.48. The summed E-state index contributed by atoms with van der Waals surface area (Å²) in [5.74, 6) is -2.23. The fourth-order valence-electron chi connectivity index (χ4n) is 6.37. The Morgan fingerprint density at radius 1 is 0.886 bits per heavy atom. The van der Waals surface area contributed by atoms with Gasteiger partial charge in [-0.05, 0) is 49.6 Å². The van der Waals surface area contributed by atoms with Gasteiger partial charge in [0.1, 0.15) is 12.5 Å². The van der Waals surface area contributed by atoms with E-state index < -0.39 is 23.8 Å². The highest BCUT2D eigenvalue weighted by Crippen LogP contribution is 2.40. The van der Waals surface area contributed by atoms with Crippen LogP contribution in [0.1, 0.15) is 49.4 Å². The minimum absolute atomic E-state index is 0.193. The second-order valence-corrected chi connectivity index (χ2v) is 11.7. The van der Waals surface area contributed by atoms with Crippen molar-refractivity contribution in [3.8, 4) is 0 Å². The quantitative estimate of drug-likeness (QED) is 0.250. The van der Waals surface area contributed by atoms with Gasteiger partial charge in [-0.25, -0.2) is 4.79 Å². The zero-order valence-corrected chi connectivity index (χ0v) is 26.4. The summed E-state index contributed by atoms with van der Waals surface area (Å²) in [6.07, 6.45) is 0. The van der Waals surface area contributed by atoms with E-state index in [9.17, 15) is 9.59 Å². The molecule has 2 atom stereocenters. The third kappa shape index (κ3) is 7.29. The van der Waals surface area contributed by atoms with E-state index in [0.717, 1.165) is 31.7 Å². The van der Waals surface area contributed by atoms with Gasteiger partial charge in [0.15, 0.2) is 0 Å². The predicted octanol–water partition coefficient (Wildman–Crippen LogP) is 6.30. The number of benzene rings is 3. The number of nitrogens with zero attached hydrogens (tertiary/aromatic N) is 3. The Kier molecular flexibility index (Phi) is 10.6. The maximum Gasteiger partial charge on any atom is 0.336 e.